The number of benzene rings is 2. The second-order valence-electron chi connectivity index (χ2n) is 8.07. The number of phenolic OH excluding ortho intramolecular Hbond substituents is 1. The van der Waals surface area contributed by atoms with E-state index in [1.807, 2.05) is 30.3 Å². The van der Waals surface area contributed by atoms with Crippen LogP contribution in [0.5, 0.6) is 5.75 Å². The highest BCUT2D eigenvalue weighted by molar-refractivity contribution is 7.19. The van der Waals surface area contributed by atoms with Crippen LogP contribution in [0.3, 0.4) is 0 Å². The molecule has 6 nitrogen and oxygen atoms in total. The molecule has 0 saturated carbocycles. The minimum Gasteiger partial charge on any atom is -0.507 e. The molecule has 0 amide bonds. The van der Waals surface area contributed by atoms with Gasteiger partial charge in [-0.15, -0.1) is 16.4 Å². The highest BCUT2D eigenvalue weighted by Gasteiger charge is 2.31. The van der Waals surface area contributed by atoms with Crippen LogP contribution in [0.25, 0.3) is 38.0 Å². The summed E-state index contributed by atoms with van der Waals surface area (Å²) in [5.74, 6) is 0.666. The number of fused-ring (bicyclic) bond motifs is 6. The minimum atomic E-state index is -0.215. The van der Waals surface area contributed by atoms with Crippen molar-refractivity contribution in [1.29, 1.82) is 0 Å². The van der Waals surface area contributed by atoms with Crippen LogP contribution in [-0.4, -0.2) is 30.3 Å². The quantitative estimate of drug-likeness (QED) is 0.439. The fourth-order valence-electron chi connectivity index (χ4n) is 4.06. The van der Waals surface area contributed by atoms with Crippen molar-refractivity contribution in [3.8, 4) is 17.1 Å². The average Bonchev–Trinajstić information content (AvgIpc) is 3.27. The third-order valence-corrected chi connectivity index (χ3v) is 6.63. The maximum atomic E-state index is 10.6. The van der Waals surface area contributed by atoms with Crippen molar-refractivity contribution in [2.45, 2.75) is 32.5 Å². The van der Waals surface area contributed by atoms with E-state index < -0.39 is 0 Å². The van der Waals surface area contributed by atoms with Gasteiger partial charge in [0.25, 0.3) is 0 Å². The summed E-state index contributed by atoms with van der Waals surface area (Å²) in [5.41, 5.74) is 2.43. The Balaban J connectivity index is 1.60. The minimum absolute atomic E-state index is 0.172. The van der Waals surface area contributed by atoms with E-state index in [2.05, 4.69) is 23.9 Å². The second-order valence-corrected chi connectivity index (χ2v) is 9.16. The third-order valence-electron chi connectivity index (χ3n) is 5.51. The Morgan fingerprint density at radius 3 is 2.79 bits per heavy atom. The molecule has 0 unspecified atom stereocenters. The van der Waals surface area contributed by atoms with Crippen LogP contribution in [-0.2, 0) is 17.8 Å². The van der Waals surface area contributed by atoms with Gasteiger partial charge in [-0.25, -0.2) is 14.5 Å². The summed E-state index contributed by atoms with van der Waals surface area (Å²) in [6, 6.07) is 11.6. The molecule has 5 aromatic rings. The molecule has 0 spiro atoms. The second kappa shape index (κ2) is 5.75. The molecule has 1 aliphatic rings. The van der Waals surface area contributed by atoms with E-state index >= 15 is 0 Å². The van der Waals surface area contributed by atoms with Crippen molar-refractivity contribution < 1.29 is 9.84 Å². The molecule has 4 heterocycles. The molecule has 6 rings (SSSR count). The molecule has 3 aromatic heterocycles. The summed E-state index contributed by atoms with van der Waals surface area (Å²) in [4.78, 5) is 11.6. The molecule has 0 radical (unpaired) electrons. The summed E-state index contributed by atoms with van der Waals surface area (Å²) >= 11 is 1.66. The molecule has 1 aliphatic heterocycles. The van der Waals surface area contributed by atoms with Crippen LogP contribution in [0, 0.1) is 0 Å². The standard InChI is InChI=1S/C22H18N4O2S/c1-22(2)9-15-17(10-28-22)29-21-18(15)20-24-19(25-26(20)11-23-21)14-7-12-5-3-4-6-13(12)8-16(14)27/h3-8,11,27H,9-10H2,1-2H3. The zero-order valence-corrected chi connectivity index (χ0v) is 16.8. The maximum Gasteiger partial charge on any atom is 0.185 e. The highest BCUT2D eigenvalue weighted by Crippen LogP contribution is 2.40. The van der Waals surface area contributed by atoms with E-state index in [0.29, 0.717) is 18.0 Å². The van der Waals surface area contributed by atoms with Crippen LogP contribution < -0.4 is 0 Å². The highest BCUT2D eigenvalue weighted by atomic mass is 32.1. The molecule has 0 bridgehead atoms. The molecular weight excluding hydrogens is 384 g/mol. The Kier molecular flexibility index (Phi) is 3.34. The molecule has 29 heavy (non-hydrogen) atoms. The Morgan fingerprint density at radius 2 is 1.97 bits per heavy atom. The first-order valence-electron chi connectivity index (χ1n) is 9.50. The van der Waals surface area contributed by atoms with Gasteiger partial charge in [0.2, 0.25) is 0 Å². The van der Waals surface area contributed by atoms with E-state index in [1.54, 1.807) is 28.2 Å². The van der Waals surface area contributed by atoms with Gasteiger partial charge in [0.05, 0.1) is 23.2 Å². The molecule has 0 saturated heterocycles. The molecule has 0 aliphatic carbocycles. The van der Waals surface area contributed by atoms with Gasteiger partial charge in [-0.1, -0.05) is 24.3 Å². The fraction of sp³-hybridized carbons (Fsp3) is 0.227. The van der Waals surface area contributed by atoms with E-state index in [4.69, 9.17) is 9.72 Å². The Labute approximate surface area is 170 Å². The lowest BCUT2D eigenvalue weighted by Crippen LogP contribution is -2.31. The first-order valence-corrected chi connectivity index (χ1v) is 10.3. The number of nitrogens with zero attached hydrogens (tertiary/aromatic N) is 4. The largest absolute Gasteiger partial charge is 0.507 e. The maximum absolute atomic E-state index is 10.6. The summed E-state index contributed by atoms with van der Waals surface area (Å²) in [7, 11) is 0. The Hall–Kier alpha value is -3.03. The van der Waals surface area contributed by atoms with Gasteiger partial charge >= 0.3 is 0 Å². The van der Waals surface area contributed by atoms with E-state index in [-0.39, 0.29) is 11.4 Å². The van der Waals surface area contributed by atoms with Gasteiger partial charge < -0.3 is 9.84 Å². The summed E-state index contributed by atoms with van der Waals surface area (Å²) in [6.45, 7) is 4.81. The van der Waals surface area contributed by atoms with Crippen LogP contribution in [0.1, 0.15) is 24.3 Å². The zero-order chi connectivity index (χ0) is 19.8. The summed E-state index contributed by atoms with van der Waals surface area (Å²) in [6.07, 6.45) is 2.51. The van der Waals surface area contributed by atoms with E-state index in [0.717, 1.165) is 33.1 Å². The molecular formula is C22H18N4O2S. The van der Waals surface area contributed by atoms with Crippen LogP contribution >= 0.6 is 11.3 Å². The van der Waals surface area contributed by atoms with Gasteiger partial charge in [0, 0.05) is 11.3 Å². The molecule has 7 heteroatoms. The van der Waals surface area contributed by atoms with Crippen LogP contribution in [0.2, 0.25) is 0 Å². The van der Waals surface area contributed by atoms with Gasteiger partial charge in [0.15, 0.2) is 11.5 Å². The van der Waals surface area contributed by atoms with Gasteiger partial charge in [-0.2, -0.15) is 0 Å². The summed E-state index contributed by atoms with van der Waals surface area (Å²) in [5, 5.41) is 18.3. The lowest BCUT2D eigenvalue weighted by atomic mass is 9.94. The smallest absolute Gasteiger partial charge is 0.185 e. The van der Waals surface area contributed by atoms with Crippen molar-refractivity contribution >= 4 is 38.0 Å². The number of rotatable bonds is 1. The molecule has 0 fully saturated rings. The SMILES string of the molecule is CC1(C)Cc2c(sc3ncn4nc(-c5cc6ccccc6cc5O)nc4c23)CO1. The average molecular weight is 402 g/mol. The predicted molar refractivity (Wildman–Crippen MR) is 113 cm³/mol. The molecule has 144 valence electrons. The van der Waals surface area contributed by atoms with E-state index in [1.165, 1.54) is 10.4 Å². The Bertz CT molecular complexity index is 1430. The monoisotopic (exact) mass is 402 g/mol. The van der Waals surface area contributed by atoms with Gasteiger partial charge in [-0.3, -0.25) is 0 Å². The zero-order valence-electron chi connectivity index (χ0n) is 16.0. The number of thiophene rings is 1. The number of ether oxygens (including phenoxy) is 1. The normalized spacial score (nSPS) is 15.9. The topological polar surface area (TPSA) is 72.5 Å². The number of aromatic nitrogens is 4. The van der Waals surface area contributed by atoms with Crippen LogP contribution in [0.4, 0.5) is 0 Å². The number of aromatic hydroxyl groups is 1. The van der Waals surface area contributed by atoms with Crippen molar-refractivity contribution in [2.75, 3.05) is 0 Å². The first-order chi connectivity index (χ1) is 14.0. The number of phenols is 1. The van der Waals surface area contributed by atoms with Crippen molar-refractivity contribution in [3.63, 3.8) is 0 Å². The van der Waals surface area contributed by atoms with Gasteiger partial charge in [0.1, 0.15) is 16.9 Å². The molecule has 0 atom stereocenters. The van der Waals surface area contributed by atoms with Gasteiger partial charge in [-0.05, 0) is 42.3 Å². The van der Waals surface area contributed by atoms with Crippen LogP contribution in [0.15, 0.2) is 42.7 Å². The Morgan fingerprint density at radius 1 is 1.17 bits per heavy atom. The lowest BCUT2D eigenvalue weighted by Gasteiger charge is -2.30. The van der Waals surface area contributed by atoms with Crippen molar-refractivity contribution in [3.05, 3.63) is 53.2 Å². The molecule has 1 N–H and O–H groups in total. The first kappa shape index (κ1) is 16.9. The van der Waals surface area contributed by atoms with E-state index in [9.17, 15) is 5.11 Å². The van der Waals surface area contributed by atoms with Crippen molar-refractivity contribution in [1.82, 2.24) is 19.6 Å². The number of hydrogen-bond donors (Lipinski definition) is 1. The summed E-state index contributed by atoms with van der Waals surface area (Å²) < 4.78 is 7.68. The van der Waals surface area contributed by atoms with Crippen molar-refractivity contribution in [2.24, 2.45) is 0 Å². The fourth-order valence-corrected chi connectivity index (χ4v) is 5.13. The third kappa shape index (κ3) is 2.54. The molecule has 2 aromatic carbocycles. The lowest BCUT2D eigenvalue weighted by molar-refractivity contribution is -0.0379. The number of hydrogen-bond acceptors (Lipinski definition) is 6. The predicted octanol–water partition coefficient (Wildman–Crippen LogP) is 4.72.